The molecule has 1 fully saturated rings. The number of nitrogen functional groups attached to an aromatic ring is 1. The van der Waals surface area contributed by atoms with Crippen molar-refractivity contribution in [2.45, 2.75) is 25.2 Å². The Labute approximate surface area is 141 Å². The number of aromatic nitrogens is 4. The van der Waals surface area contributed by atoms with Crippen molar-refractivity contribution >= 4 is 36.2 Å². The van der Waals surface area contributed by atoms with Crippen molar-refractivity contribution in [3.63, 3.8) is 0 Å². The number of fused-ring (bicyclic) bond motifs is 1. The highest BCUT2D eigenvalue weighted by Crippen LogP contribution is 2.44. The number of hydrogen-bond acceptors (Lipinski definition) is 7. The molecule has 0 bridgehead atoms. The van der Waals surface area contributed by atoms with Gasteiger partial charge >= 0.3 is 7.60 Å². The molecule has 2 atom stereocenters. The summed E-state index contributed by atoms with van der Waals surface area (Å²) in [5.41, 5.74) is 6.07. The Kier molecular flexibility index (Phi) is 4.50. The van der Waals surface area contributed by atoms with Crippen LogP contribution in [0.2, 0.25) is 5.28 Å². The van der Waals surface area contributed by atoms with E-state index in [0.29, 0.717) is 24.0 Å². The number of hydrogen-bond donors (Lipinski definition) is 3. The van der Waals surface area contributed by atoms with Crippen molar-refractivity contribution in [1.29, 1.82) is 0 Å². The first-order chi connectivity index (χ1) is 11.3. The summed E-state index contributed by atoms with van der Waals surface area (Å²) in [4.78, 5) is 30.0. The zero-order chi connectivity index (χ0) is 17.5. The lowest BCUT2D eigenvalue weighted by molar-refractivity contribution is -0.0256. The first kappa shape index (κ1) is 17.1. The third-order valence-electron chi connectivity index (χ3n) is 3.58. The van der Waals surface area contributed by atoms with E-state index in [1.807, 2.05) is 0 Å². The molecule has 0 aliphatic carbocycles. The Morgan fingerprint density at radius 2 is 2.29 bits per heavy atom. The molecule has 3 heterocycles. The molecule has 0 radical (unpaired) electrons. The molecule has 2 aromatic heterocycles. The van der Waals surface area contributed by atoms with Crippen LogP contribution >= 0.6 is 19.2 Å². The predicted molar refractivity (Wildman–Crippen MR) is 85.0 cm³/mol. The van der Waals surface area contributed by atoms with Crippen LogP contribution in [0.4, 0.5) is 5.82 Å². The zero-order valence-electron chi connectivity index (χ0n) is 12.4. The smallest absolute Gasteiger partial charge is 0.389 e. The van der Waals surface area contributed by atoms with Gasteiger partial charge in [-0.25, -0.2) is 4.98 Å². The fourth-order valence-corrected chi connectivity index (χ4v) is 2.82. The van der Waals surface area contributed by atoms with Crippen LogP contribution < -0.4 is 5.73 Å². The summed E-state index contributed by atoms with van der Waals surface area (Å²) in [6.45, 7) is 3.21. The van der Waals surface area contributed by atoms with E-state index in [9.17, 15) is 4.57 Å². The van der Waals surface area contributed by atoms with Crippen molar-refractivity contribution < 1.29 is 23.8 Å². The van der Waals surface area contributed by atoms with Gasteiger partial charge in [-0.3, -0.25) is 9.13 Å². The molecule has 130 valence electrons. The van der Waals surface area contributed by atoms with Gasteiger partial charge in [0.05, 0.1) is 12.4 Å². The average Bonchev–Trinajstić information content (AvgIpc) is 3.09. The molecule has 0 amide bonds. The van der Waals surface area contributed by atoms with Gasteiger partial charge in [0.15, 0.2) is 11.5 Å². The summed E-state index contributed by atoms with van der Waals surface area (Å²) < 4.78 is 23.5. The third kappa shape index (κ3) is 3.38. The molecule has 1 saturated heterocycles. The van der Waals surface area contributed by atoms with E-state index >= 15 is 0 Å². The number of anilines is 1. The maximum Gasteiger partial charge on any atom is 0.389 e. The van der Waals surface area contributed by atoms with Crippen molar-refractivity contribution in [2.24, 2.45) is 0 Å². The second-order valence-corrected chi connectivity index (χ2v) is 7.17. The molecular formula is C12H15ClN5O5P. The van der Waals surface area contributed by atoms with Crippen molar-refractivity contribution in [3.05, 3.63) is 23.7 Å². The molecular weight excluding hydrogens is 361 g/mol. The highest BCUT2D eigenvalue weighted by Gasteiger charge is 2.30. The highest BCUT2D eigenvalue weighted by molar-refractivity contribution is 7.56. The van der Waals surface area contributed by atoms with Crippen molar-refractivity contribution in [1.82, 2.24) is 19.5 Å². The lowest BCUT2D eigenvalue weighted by Gasteiger charge is -2.17. The van der Waals surface area contributed by atoms with Crippen LogP contribution in [0.3, 0.4) is 0 Å². The van der Waals surface area contributed by atoms with E-state index in [1.54, 1.807) is 4.57 Å². The van der Waals surface area contributed by atoms with E-state index < -0.39 is 13.1 Å². The highest BCUT2D eigenvalue weighted by atomic mass is 35.5. The quantitative estimate of drug-likeness (QED) is 0.401. The molecule has 24 heavy (non-hydrogen) atoms. The summed E-state index contributed by atoms with van der Waals surface area (Å²) in [5, 5.41) is 0.0116. The van der Waals surface area contributed by atoms with Gasteiger partial charge in [0.1, 0.15) is 18.4 Å². The largest absolute Gasteiger partial charge is 0.484 e. The van der Waals surface area contributed by atoms with E-state index in [2.05, 4.69) is 21.5 Å². The summed E-state index contributed by atoms with van der Waals surface area (Å²) in [5.74, 6) is 0.180. The minimum absolute atomic E-state index is 0.00898. The first-order valence-corrected chi connectivity index (χ1v) is 8.93. The fraction of sp³-hybridized carbons (Fsp3) is 0.417. The average molecular weight is 376 g/mol. The summed E-state index contributed by atoms with van der Waals surface area (Å²) in [7, 11) is -4.45. The molecule has 1 aliphatic heterocycles. The Morgan fingerprint density at radius 3 is 3.00 bits per heavy atom. The van der Waals surface area contributed by atoms with Gasteiger partial charge in [-0.05, 0) is 31.0 Å². The minimum atomic E-state index is -4.45. The van der Waals surface area contributed by atoms with Gasteiger partial charge < -0.3 is 25.0 Å². The van der Waals surface area contributed by atoms with Gasteiger partial charge in [0.2, 0.25) is 10.8 Å². The molecule has 4 N–H and O–H groups in total. The SMILES string of the molecule is C=C(OC[C@@H]1CC[C@H](n2cnc3c(N)nc(Cl)nc32)O1)P(=O)(O)O. The Balaban J connectivity index is 1.70. The van der Waals surface area contributed by atoms with Crippen molar-refractivity contribution in [3.8, 4) is 0 Å². The lowest BCUT2D eigenvalue weighted by atomic mass is 10.2. The van der Waals surface area contributed by atoms with Gasteiger partial charge in [-0.1, -0.05) is 0 Å². The van der Waals surface area contributed by atoms with Crippen LogP contribution in [0.1, 0.15) is 19.1 Å². The molecule has 10 nitrogen and oxygen atoms in total. The van der Waals surface area contributed by atoms with Crippen LogP contribution in [-0.4, -0.2) is 42.0 Å². The van der Waals surface area contributed by atoms with E-state index in [4.69, 9.17) is 36.6 Å². The van der Waals surface area contributed by atoms with E-state index in [1.165, 1.54) is 6.33 Å². The van der Waals surface area contributed by atoms with Gasteiger partial charge in [-0.15, -0.1) is 0 Å². The normalized spacial score (nSPS) is 21.3. The van der Waals surface area contributed by atoms with E-state index in [-0.39, 0.29) is 30.0 Å². The summed E-state index contributed by atoms with van der Waals surface area (Å²) >= 11 is 5.83. The molecule has 0 spiro atoms. The maximum absolute atomic E-state index is 11.0. The van der Waals surface area contributed by atoms with Crippen LogP contribution in [0.25, 0.3) is 11.2 Å². The molecule has 0 unspecified atom stereocenters. The third-order valence-corrected chi connectivity index (χ3v) is 4.53. The van der Waals surface area contributed by atoms with Crippen LogP contribution in [-0.2, 0) is 14.0 Å². The molecule has 12 heteroatoms. The maximum atomic E-state index is 11.0. The molecule has 0 saturated carbocycles. The monoisotopic (exact) mass is 375 g/mol. The number of nitrogens with zero attached hydrogens (tertiary/aromatic N) is 4. The number of rotatable bonds is 5. The molecule has 3 rings (SSSR count). The number of ether oxygens (including phenoxy) is 2. The Hall–Kier alpha value is -1.71. The van der Waals surface area contributed by atoms with Crippen LogP contribution in [0, 0.1) is 0 Å². The molecule has 2 aromatic rings. The number of nitrogens with two attached hydrogens (primary N) is 1. The summed E-state index contributed by atoms with van der Waals surface area (Å²) in [6, 6.07) is 0. The van der Waals surface area contributed by atoms with E-state index in [0.717, 1.165) is 0 Å². The van der Waals surface area contributed by atoms with Gasteiger partial charge in [-0.2, -0.15) is 9.97 Å². The second-order valence-electron chi connectivity index (χ2n) is 5.24. The van der Waals surface area contributed by atoms with Crippen LogP contribution in [0.15, 0.2) is 18.4 Å². The molecule has 0 aromatic carbocycles. The van der Waals surface area contributed by atoms with Gasteiger partial charge in [0.25, 0.3) is 0 Å². The lowest BCUT2D eigenvalue weighted by Crippen LogP contribution is -2.16. The number of imidazole rings is 1. The van der Waals surface area contributed by atoms with Gasteiger partial charge in [0, 0.05) is 0 Å². The predicted octanol–water partition coefficient (Wildman–Crippen LogP) is 1.40. The fourth-order valence-electron chi connectivity index (χ4n) is 2.41. The first-order valence-electron chi connectivity index (χ1n) is 6.94. The zero-order valence-corrected chi connectivity index (χ0v) is 14.0. The number of halogens is 1. The standard InChI is InChI=1S/C12H15ClN5O5P/c1-6(24(19,20)21)22-4-7-2-3-8(23-7)18-5-15-9-10(14)16-12(13)17-11(9)18/h5,7-8H,1-4H2,(H2,14,16,17)(H2,19,20,21)/t7-,8+/m0/s1. The van der Waals surface area contributed by atoms with Crippen molar-refractivity contribution in [2.75, 3.05) is 12.3 Å². The minimum Gasteiger partial charge on any atom is -0.484 e. The Morgan fingerprint density at radius 1 is 1.54 bits per heavy atom. The van der Waals surface area contributed by atoms with Crippen LogP contribution in [0.5, 0.6) is 0 Å². The molecule has 1 aliphatic rings. The second kappa shape index (κ2) is 6.30. The topological polar surface area (TPSA) is 146 Å². The Bertz CT molecular complexity index is 837. The summed E-state index contributed by atoms with van der Waals surface area (Å²) in [6.07, 6.45) is 2.10.